The molecule has 0 aliphatic rings. The van der Waals surface area contributed by atoms with E-state index in [9.17, 15) is 18.0 Å². The molecule has 29 heavy (non-hydrogen) atoms. The van der Waals surface area contributed by atoms with Crippen LogP contribution < -0.4 is 10.6 Å². The van der Waals surface area contributed by atoms with E-state index >= 15 is 0 Å². The first-order valence-electron chi connectivity index (χ1n) is 8.21. The summed E-state index contributed by atoms with van der Waals surface area (Å²) in [6, 6.07) is 10.2. The third-order valence-corrected chi connectivity index (χ3v) is 5.10. The first kappa shape index (κ1) is 23.4. The Labute approximate surface area is 183 Å². The van der Waals surface area contributed by atoms with Crippen LogP contribution in [0.4, 0.5) is 18.9 Å². The summed E-state index contributed by atoms with van der Waals surface area (Å²) in [5, 5.41) is 12.2. The molecule has 0 spiro atoms. The molecule has 0 radical (unpaired) electrons. The maximum atomic E-state index is 12.9. The molecule has 2 aromatic rings. The van der Waals surface area contributed by atoms with Crippen molar-refractivity contribution in [2.45, 2.75) is 12.7 Å². The van der Waals surface area contributed by atoms with Crippen molar-refractivity contribution in [3.05, 3.63) is 73.8 Å². The lowest BCUT2D eigenvalue weighted by atomic mass is 10.0. The molecule has 0 fully saturated rings. The summed E-state index contributed by atoms with van der Waals surface area (Å²) in [5.41, 5.74) is -0.436. The van der Waals surface area contributed by atoms with E-state index in [0.717, 1.165) is 22.5 Å². The Hall–Kier alpha value is -1.87. The molecule has 0 aliphatic carbocycles. The highest BCUT2D eigenvalue weighted by Crippen LogP contribution is 2.28. The van der Waals surface area contributed by atoms with Crippen molar-refractivity contribution in [1.29, 1.82) is 5.41 Å². The van der Waals surface area contributed by atoms with Crippen LogP contribution in [-0.2, 0) is 11.3 Å². The third kappa shape index (κ3) is 6.30. The summed E-state index contributed by atoms with van der Waals surface area (Å²) in [6.07, 6.45) is -4.30. The first-order valence-corrected chi connectivity index (χ1v) is 9.76. The largest absolute Gasteiger partial charge is 0.466 e. The van der Waals surface area contributed by atoms with Crippen molar-refractivity contribution in [2.75, 3.05) is 12.4 Å². The zero-order chi connectivity index (χ0) is 21.8. The van der Waals surface area contributed by atoms with E-state index < -0.39 is 23.4 Å². The highest BCUT2D eigenvalue weighted by atomic mass is 79.9. The normalized spacial score (nSPS) is 12.0. The molecule has 10 heteroatoms. The van der Waals surface area contributed by atoms with Gasteiger partial charge in [0, 0.05) is 27.3 Å². The Bertz CT molecular complexity index is 960. The number of ketones is 1. The monoisotopic (exact) mass is 508 g/mol. The van der Waals surface area contributed by atoms with Crippen molar-refractivity contribution in [2.24, 2.45) is 0 Å². The van der Waals surface area contributed by atoms with Crippen molar-refractivity contribution >= 4 is 56.3 Å². The van der Waals surface area contributed by atoms with E-state index in [0.29, 0.717) is 16.7 Å². The number of rotatable bonds is 7. The van der Waals surface area contributed by atoms with Gasteiger partial charge in [0.2, 0.25) is 11.5 Å². The number of benzene rings is 2. The fourth-order valence-electron chi connectivity index (χ4n) is 2.36. The highest BCUT2D eigenvalue weighted by molar-refractivity contribution is 9.10. The standard InChI is InChI=1S/C19H15BrCl2F3N3O/c1-27-17(19(23,24)25)8-16(29)18(26)13-6-10(14(21)7-15(13)22)9-28-12-4-2-11(20)3-5-12/h2-8,26-28H,9H2,1H3/p+1. The molecule has 2 rings (SSSR count). The maximum absolute atomic E-state index is 12.9. The Kier molecular flexibility index (Phi) is 7.87. The molecule has 0 aromatic heterocycles. The van der Waals surface area contributed by atoms with Gasteiger partial charge in [-0.05, 0) is 42.0 Å². The predicted molar refractivity (Wildman–Crippen MR) is 112 cm³/mol. The highest BCUT2D eigenvalue weighted by Gasteiger charge is 2.38. The van der Waals surface area contributed by atoms with E-state index in [4.69, 9.17) is 28.6 Å². The second-order valence-corrected chi connectivity index (χ2v) is 7.64. The molecule has 0 saturated carbocycles. The van der Waals surface area contributed by atoms with Crippen molar-refractivity contribution in [3.8, 4) is 0 Å². The fraction of sp³-hybridized carbons (Fsp3) is 0.158. The Morgan fingerprint density at radius 1 is 1.21 bits per heavy atom. The number of alkyl halides is 3. The zero-order valence-electron chi connectivity index (χ0n) is 15.0. The second-order valence-electron chi connectivity index (χ2n) is 5.91. The van der Waals surface area contributed by atoms with Crippen LogP contribution in [0.2, 0.25) is 10.0 Å². The molecule has 0 bridgehead atoms. The summed E-state index contributed by atoms with van der Waals surface area (Å²) in [6.45, 7) is 0.262. The van der Waals surface area contributed by atoms with Crippen LogP contribution in [0.25, 0.3) is 0 Å². The molecule has 0 saturated heterocycles. The van der Waals surface area contributed by atoms with Gasteiger partial charge in [-0.1, -0.05) is 39.1 Å². The number of hydrogen-bond acceptors (Lipinski definition) is 3. The SMILES string of the molecule is C[NH2+]C(=CC(=O)C(=N)c1cc(CNc2ccc(Br)cc2)c(Cl)cc1Cl)C(F)(F)F. The lowest BCUT2D eigenvalue weighted by molar-refractivity contribution is -0.597. The van der Waals surface area contributed by atoms with E-state index in [-0.39, 0.29) is 17.1 Å². The van der Waals surface area contributed by atoms with Gasteiger partial charge in [0.25, 0.3) is 0 Å². The van der Waals surface area contributed by atoms with Gasteiger partial charge < -0.3 is 10.6 Å². The molecule has 0 atom stereocenters. The summed E-state index contributed by atoms with van der Waals surface area (Å²) in [4.78, 5) is 12.2. The molecular weight excluding hydrogens is 494 g/mol. The van der Waals surface area contributed by atoms with Gasteiger partial charge in [-0.15, -0.1) is 0 Å². The minimum Gasteiger partial charge on any atom is -0.381 e. The molecule has 4 nitrogen and oxygen atoms in total. The van der Waals surface area contributed by atoms with Gasteiger partial charge in [0.1, 0.15) is 5.71 Å². The lowest BCUT2D eigenvalue weighted by Crippen LogP contribution is -2.80. The van der Waals surface area contributed by atoms with E-state index in [1.807, 2.05) is 24.3 Å². The van der Waals surface area contributed by atoms with Crippen molar-refractivity contribution < 1.29 is 23.3 Å². The quantitative estimate of drug-likeness (QED) is 0.365. The van der Waals surface area contributed by atoms with Crippen molar-refractivity contribution in [3.63, 3.8) is 0 Å². The molecule has 2 aromatic carbocycles. The summed E-state index contributed by atoms with van der Waals surface area (Å²) in [5.74, 6) is -1.11. The molecule has 154 valence electrons. The minimum absolute atomic E-state index is 0.00236. The van der Waals surface area contributed by atoms with Crippen molar-refractivity contribution in [1.82, 2.24) is 0 Å². The molecular formula is C19H16BrCl2F3N3O+. The number of halogens is 6. The number of nitrogens with two attached hydrogens (primary N) is 1. The fourth-order valence-corrected chi connectivity index (χ4v) is 3.17. The summed E-state index contributed by atoms with van der Waals surface area (Å²) < 4.78 is 39.5. The Balaban J connectivity index is 2.27. The number of carbonyl (C=O) groups excluding carboxylic acids is 1. The maximum Gasteiger partial charge on any atom is 0.466 e. The van der Waals surface area contributed by atoms with Crippen LogP contribution in [0.15, 0.2) is 52.6 Å². The molecule has 0 aliphatic heterocycles. The topological polar surface area (TPSA) is 69.6 Å². The van der Waals surface area contributed by atoms with Gasteiger partial charge in [-0.2, -0.15) is 13.2 Å². The van der Waals surface area contributed by atoms with Crippen LogP contribution in [-0.4, -0.2) is 24.7 Å². The van der Waals surface area contributed by atoms with Gasteiger partial charge in [0.15, 0.2) is 0 Å². The smallest absolute Gasteiger partial charge is 0.381 e. The van der Waals surface area contributed by atoms with Gasteiger partial charge >= 0.3 is 6.18 Å². The average Bonchev–Trinajstić information content (AvgIpc) is 2.65. The number of hydrogen-bond donors (Lipinski definition) is 3. The third-order valence-electron chi connectivity index (χ3n) is 3.90. The zero-order valence-corrected chi connectivity index (χ0v) is 18.1. The van der Waals surface area contributed by atoms with Crippen LogP contribution >= 0.6 is 39.1 Å². The number of allylic oxidation sites excluding steroid dienone is 2. The van der Waals surface area contributed by atoms with E-state index in [1.54, 1.807) is 0 Å². The van der Waals surface area contributed by atoms with Gasteiger partial charge in [0.05, 0.1) is 18.1 Å². The van der Waals surface area contributed by atoms with E-state index in [2.05, 4.69) is 21.2 Å². The minimum atomic E-state index is -4.69. The molecule has 4 N–H and O–H groups in total. The molecule has 0 heterocycles. The molecule has 0 unspecified atom stereocenters. The Morgan fingerprint density at radius 3 is 2.38 bits per heavy atom. The van der Waals surface area contributed by atoms with Crippen LogP contribution in [0.5, 0.6) is 0 Å². The van der Waals surface area contributed by atoms with Crippen LogP contribution in [0.3, 0.4) is 0 Å². The number of quaternary nitrogens is 1. The molecule has 0 amide bonds. The number of nitrogens with one attached hydrogen (secondary N) is 2. The van der Waals surface area contributed by atoms with E-state index in [1.165, 1.54) is 12.1 Å². The second kappa shape index (κ2) is 9.75. The van der Waals surface area contributed by atoms with Crippen LogP contribution in [0.1, 0.15) is 11.1 Å². The van der Waals surface area contributed by atoms with Crippen LogP contribution in [0, 0.1) is 5.41 Å². The average molecular weight is 510 g/mol. The summed E-state index contributed by atoms with van der Waals surface area (Å²) in [7, 11) is 1.16. The summed E-state index contributed by atoms with van der Waals surface area (Å²) >= 11 is 15.6. The Morgan fingerprint density at radius 2 is 1.83 bits per heavy atom. The number of anilines is 1. The lowest BCUT2D eigenvalue weighted by Gasteiger charge is -2.12. The van der Waals surface area contributed by atoms with Gasteiger partial charge in [-0.25, -0.2) is 0 Å². The number of carbonyl (C=O) groups is 1. The predicted octanol–water partition coefficient (Wildman–Crippen LogP) is 4.94. The van der Waals surface area contributed by atoms with Gasteiger partial charge in [-0.3, -0.25) is 10.2 Å². The first-order chi connectivity index (χ1) is 13.5.